The van der Waals surface area contributed by atoms with E-state index in [1.807, 2.05) is 37.3 Å². The molecule has 0 saturated heterocycles. The third-order valence-electron chi connectivity index (χ3n) is 2.30. The fourth-order valence-electron chi connectivity index (χ4n) is 1.58. The monoisotopic (exact) mass is 224 g/mol. The average Bonchev–Trinajstić information content (AvgIpc) is 2.17. The topological polar surface area (TPSA) is 37.3 Å². The molecule has 3 heteroatoms. The number of hydrogen-bond donors (Lipinski definition) is 2. The van der Waals surface area contributed by atoms with Crippen LogP contribution in [0.3, 0.4) is 0 Å². The number of aliphatic carboxylic acids is 1. The Balaban J connectivity index is 2.63. The molecule has 2 atom stereocenters. The van der Waals surface area contributed by atoms with Gasteiger partial charge in [0.1, 0.15) is 0 Å². The maximum Gasteiger partial charge on any atom is 0.306 e. The van der Waals surface area contributed by atoms with Gasteiger partial charge in [0, 0.05) is 0 Å². The number of carboxylic acids is 1. The molecule has 1 aromatic carbocycles. The molecule has 1 rings (SSSR count). The summed E-state index contributed by atoms with van der Waals surface area (Å²) in [5.74, 6) is -1.07. The van der Waals surface area contributed by atoms with Crippen LogP contribution < -0.4 is 0 Å². The Hall–Kier alpha value is -0.960. The zero-order valence-electron chi connectivity index (χ0n) is 8.76. The highest BCUT2D eigenvalue weighted by Gasteiger charge is 2.19. The molecule has 0 aromatic heterocycles. The molecule has 0 radical (unpaired) electrons. The summed E-state index contributed by atoms with van der Waals surface area (Å²) in [6.45, 7) is 1.92. The first-order valence-corrected chi connectivity index (χ1v) is 5.56. The van der Waals surface area contributed by atoms with Crippen LogP contribution in [-0.2, 0) is 11.2 Å². The molecule has 0 aliphatic carbocycles. The van der Waals surface area contributed by atoms with Gasteiger partial charge >= 0.3 is 5.97 Å². The first kappa shape index (κ1) is 12.1. The molecule has 0 aliphatic heterocycles. The predicted octanol–water partition coefficient (Wildman–Crippen LogP) is 2.64. The molecular formula is C12H16O2S. The van der Waals surface area contributed by atoms with Crippen LogP contribution in [0, 0.1) is 5.92 Å². The fraction of sp³-hybridized carbons (Fsp3) is 0.417. The maximum absolute atomic E-state index is 11.0. The van der Waals surface area contributed by atoms with Gasteiger partial charge in [-0.05, 0) is 23.7 Å². The third-order valence-corrected chi connectivity index (χ3v) is 2.51. The molecular weight excluding hydrogens is 208 g/mol. The van der Waals surface area contributed by atoms with E-state index in [0.717, 1.165) is 5.56 Å². The zero-order chi connectivity index (χ0) is 11.3. The zero-order valence-corrected chi connectivity index (χ0v) is 9.65. The quantitative estimate of drug-likeness (QED) is 0.754. The van der Waals surface area contributed by atoms with Gasteiger partial charge in [0.2, 0.25) is 0 Å². The molecule has 0 spiro atoms. The second kappa shape index (κ2) is 5.81. The van der Waals surface area contributed by atoms with E-state index in [-0.39, 0.29) is 11.2 Å². The molecule has 1 N–H and O–H groups in total. The first-order chi connectivity index (χ1) is 7.09. The Bertz CT molecular complexity index is 309. The van der Waals surface area contributed by atoms with E-state index in [1.54, 1.807) is 0 Å². The Morgan fingerprint density at radius 2 is 2.00 bits per heavy atom. The molecule has 0 amide bonds. The van der Waals surface area contributed by atoms with Crippen molar-refractivity contribution in [2.45, 2.75) is 25.0 Å². The van der Waals surface area contributed by atoms with Gasteiger partial charge in [0.25, 0.3) is 0 Å². The molecule has 0 heterocycles. The standard InChI is InChI=1S/C12H16O2S/c1-9(15)7-11(12(13)14)8-10-5-3-2-4-6-10/h2-6,9,11,15H,7-8H2,1H3,(H,13,14). The molecule has 0 saturated carbocycles. The van der Waals surface area contributed by atoms with Crippen molar-refractivity contribution in [1.82, 2.24) is 0 Å². The summed E-state index contributed by atoms with van der Waals surface area (Å²) in [7, 11) is 0. The Kier molecular flexibility index (Phi) is 4.69. The van der Waals surface area contributed by atoms with Gasteiger partial charge in [0.05, 0.1) is 5.92 Å². The molecule has 2 nitrogen and oxygen atoms in total. The smallest absolute Gasteiger partial charge is 0.306 e. The van der Waals surface area contributed by atoms with Crippen molar-refractivity contribution in [3.05, 3.63) is 35.9 Å². The molecule has 0 aliphatic rings. The Morgan fingerprint density at radius 1 is 1.40 bits per heavy atom. The molecule has 2 unspecified atom stereocenters. The van der Waals surface area contributed by atoms with Crippen molar-refractivity contribution < 1.29 is 9.90 Å². The Morgan fingerprint density at radius 3 is 2.47 bits per heavy atom. The van der Waals surface area contributed by atoms with E-state index in [9.17, 15) is 4.79 Å². The second-order valence-corrected chi connectivity index (χ2v) is 4.69. The summed E-state index contributed by atoms with van der Waals surface area (Å²) in [6, 6.07) is 9.70. The highest BCUT2D eigenvalue weighted by molar-refractivity contribution is 7.80. The van der Waals surface area contributed by atoms with Gasteiger partial charge in [-0.1, -0.05) is 37.3 Å². The van der Waals surface area contributed by atoms with E-state index >= 15 is 0 Å². The lowest BCUT2D eigenvalue weighted by Crippen LogP contribution is -2.19. The Labute approximate surface area is 95.7 Å². The molecule has 1 aromatic rings. The summed E-state index contributed by atoms with van der Waals surface area (Å²) >= 11 is 4.24. The van der Waals surface area contributed by atoms with Gasteiger partial charge in [-0.15, -0.1) is 0 Å². The summed E-state index contributed by atoms with van der Waals surface area (Å²) < 4.78 is 0. The minimum absolute atomic E-state index is 0.120. The minimum Gasteiger partial charge on any atom is -0.481 e. The van der Waals surface area contributed by atoms with E-state index in [4.69, 9.17) is 5.11 Å². The molecule has 15 heavy (non-hydrogen) atoms. The van der Waals surface area contributed by atoms with Crippen molar-refractivity contribution in [1.29, 1.82) is 0 Å². The van der Waals surface area contributed by atoms with Crippen LogP contribution in [0.4, 0.5) is 0 Å². The fourth-order valence-corrected chi connectivity index (χ4v) is 1.84. The first-order valence-electron chi connectivity index (χ1n) is 5.04. The molecule has 0 fully saturated rings. The number of rotatable bonds is 5. The highest BCUT2D eigenvalue weighted by Crippen LogP contribution is 2.16. The number of carboxylic acid groups (broad SMARTS) is 1. The van der Waals surface area contributed by atoms with E-state index in [0.29, 0.717) is 12.8 Å². The highest BCUT2D eigenvalue weighted by atomic mass is 32.1. The van der Waals surface area contributed by atoms with E-state index < -0.39 is 5.97 Å². The van der Waals surface area contributed by atoms with Crippen LogP contribution in [0.2, 0.25) is 0 Å². The lowest BCUT2D eigenvalue weighted by atomic mass is 9.95. The average molecular weight is 224 g/mol. The summed E-state index contributed by atoms with van der Waals surface area (Å²) in [5, 5.41) is 9.17. The third kappa shape index (κ3) is 4.38. The van der Waals surface area contributed by atoms with Gasteiger partial charge < -0.3 is 5.11 Å². The maximum atomic E-state index is 11.0. The van der Waals surface area contributed by atoms with Crippen molar-refractivity contribution in [3.63, 3.8) is 0 Å². The molecule has 82 valence electrons. The minimum atomic E-state index is -0.736. The predicted molar refractivity (Wildman–Crippen MR) is 64.3 cm³/mol. The van der Waals surface area contributed by atoms with Crippen molar-refractivity contribution >= 4 is 18.6 Å². The van der Waals surface area contributed by atoms with Crippen LogP contribution in [0.1, 0.15) is 18.9 Å². The van der Waals surface area contributed by atoms with Crippen LogP contribution >= 0.6 is 12.6 Å². The van der Waals surface area contributed by atoms with Gasteiger partial charge in [-0.25, -0.2) is 0 Å². The van der Waals surface area contributed by atoms with Crippen LogP contribution in [0.15, 0.2) is 30.3 Å². The lowest BCUT2D eigenvalue weighted by Gasteiger charge is -2.13. The summed E-state index contributed by atoms with van der Waals surface area (Å²) in [5.41, 5.74) is 1.07. The van der Waals surface area contributed by atoms with Crippen LogP contribution in [0.25, 0.3) is 0 Å². The number of benzene rings is 1. The largest absolute Gasteiger partial charge is 0.481 e. The summed E-state index contributed by atoms with van der Waals surface area (Å²) in [4.78, 5) is 11.0. The van der Waals surface area contributed by atoms with Gasteiger partial charge in [-0.3, -0.25) is 4.79 Å². The van der Waals surface area contributed by atoms with Crippen molar-refractivity contribution in [2.24, 2.45) is 5.92 Å². The molecule has 0 bridgehead atoms. The van der Waals surface area contributed by atoms with E-state index in [2.05, 4.69) is 12.6 Å². The normalized spacial score (nSPS) is 14.5. The van der Waals surface area contributed by atoms with Crippen LogP contribution in [0.5, 0.6) is 0 Å². The van der Waals surface area contributed by atoms with Gasteiger partial charge in [-0.2, -0.15) is 12.6 Å². The number of thiol groups is 1. The second-order valence-electron chi connectivity index (χ2n) is 3.81. The summed E-state index contributed by atoms with van der Waals surface area (Å²) in [6.07, 6.45) is 1.19. The number of hydrogen-bond acceptors (Lipinski definition) is 2. The lowest BCUT2D eigenvalue weighted by molar-refractivity contribution is -0.141. The van der Waals surface area contributed by atoms with Crippen LogP contribution in [-0.4, -0.2) is 16.3 Å². The number of carbonyl (C=O) groups is 1. The van der Waals surface area contributed by atoms with Crippen molar-refractivity contribution in [2.75, 3.05) is 0 Å². The van der Waals surface area contributed by atoms with Gasteiger partial charge in [0.15, 0.2) is 0 Å². The van der Waals surface area contributed by atoms with E-state index in [1.165, 1.54) is 0 Å². The SMILES string of the molecule is CC(S)CC(Cc1ccccc1)C(=O)O. The van der Waals surface area contributed by atoms with Crippen molar-refractivity contribution in [3.8, 4) is 0 Å².